The van der Waals surface area contributed by atoms with E-state index in [0.29, 0.717) is 5.02 Å². The van der Waals surface area contributed by atoms with E-state index in [2.05, 4.69) is 0 Å². The molecule has 1 aliphatic rings. The Kier molecular flexibility index (Phi) is 5.17. The Labute approximate surface area is 174 Å². The summed E-state index contributed by atoms with van der Waals surface area (Å²) in [4.78, 5) is 11.9. The minimum absolute atomic E-state index is 0.0361. The van der Waals surface area contributed by atoms with Gasteiger partial charge in [-0.15, -0.1) is 0 Å². The first kappa shape index (κ1) is 19.6. The van der Waals surface area contributed by atoms with Crippen molar-refractivity contribution in [3.05, 3.63) is 88.9 Å². The van der Waals surface area contributed by atoms with Crippen molar-refractivity contribution in [1.82, 2.24) is 4.31 Å². The van der Waals surface area contributed by atoms with Crippen LogP contribution in [0.2, 0.25) is 5.02 Å². The standard InChI is InChI=1S/C22H18ClNO4S/c23-19-9-5-15(6-10-19)16-7-11-20(12-8-16)29(27,28)24-14-18-4-2-1-3-17(18)13-21(24)22(25)26/h1-12,21H,13-14H2,(H,25,26)/t21-/m1/s1. The van der Waals surface area contributed by atoms with Crippen LogP contribution in [-0.4, -0.2) is 29.8 Å². The van der Waals surface area contributed by atoms with Gasteiger partial charge in [0.25, 0.3) is 0 Å². The van der Waals surface area contributed by atoms with Crippen molar-refractivity contribution in [1.29, 1.82) is 0 Å². The van der Waals surface area contributed by atoms with E-state index in [0.717, 1.165) is 26.6 Å². The van der Waals surface area contributed by atoms with Crippen molar-refractivity contribution < 1.29 is 18.3 Å². The predicted molar refractivity (Wildman–Crippen MR) is 111 cm³/mol. The summed E-state index contributed by atoms with van der Waals surface area (Å²) in [7, 11) is -3.97. The van der Waals surface area contributed by atoms with E-state index in [-0.39, 0.29) is 17.9 Å². The number of hydrogen-bond acceptors (Lipinski definition) is 3. The molecule has 3 aromatic rings. The van der Waals surface area contributed by atoms with Gasteiger partial charge in [-0.25, -0.2) is 8.42 Å². The average molecular weight is 428 g/mol. The maximum Gasteiger partial charge on any atom is 0.322 e. The maximum atomic E-state index is 13.2. The van der Waals surface area contributed by atoms with Crippen LogP contribution in [0.4, 0.5) is 0 Å². The van der Waals surface area contributed by atoms with Crippen LogP contribution in [-0.2, 0) is 27.8 Å². The van der Waals surface area contributed by atoms with Crippen LogP contribution < -0.4 is 0 Å². The zero-order valence-electron chi connectivity index (χ0n) is 15.3. The topological polar surface area (TPSA) is 74.7 Å². The summed E-state index contributed by atoms with van der Waals surface area (Å²) in [6.45, 7) is 0.0361. The summed E-state index contributed by atoms with van der Waals surface area (Å²) < 4.78 is 27.6. The first-order valence-corrected chi connectivity index (χ1v) is 10.9. The van der Waals surface area contributed by atoms with Gasteiger partial charge in [-0.05, 0) is 46.5 Å². The molecule has 0 bridgehead atoms. The highest BCUT2D eigenvalue weighted by Gasteiger charge is 2.39. The van der Waals surface area contributed by atoms with E-state index in [1.807, 2.05) is 36.4 Å². The highest BCUT2D eigenvalue weighted by atomic mass is 35.5. The number of fused-ring (bicyclic) bond motifs is 1. The summed E-state index contributed by atoms with van der Waals surface area (Å²) in [6, 6.07) is 19.9. The fourth-order valence-corrected chi connectivity index (χ4v) is 5.24. The van der Waals surface area contributed by atoms with Crippen molar-refractivity contribution in [2.75, 3.05) is 0 Å². The van der Waals surface area contributed by atoms with Crippen molar-refractivity contribution >= 4 is 27.6 Å². The number of carboxylic acid groups (broad SMARTS) is 1. The molecule has 0 saturated carbocycles. The van der Waals surface area contributed by atoms with Gasteiger partial charge in [-0.2, -0.15) is 4.31 Å². The van der Waals surface area contributed by atoms with Gasteiger partial charge in [0.05, 0.1) is 4.90 Å². The summed E-state index contributed by atoms with van der Waals surface area (Å²) in [5, 5.41) is 10.3. The molecular weight excluding hydrogens is 410 g/mol. The van der Waals surface area contributed by atoms with Crippen LogP contribution in [0.15, 0.2) is 77.7 Å². The molecule has 0 aliphatic carbocycles. The van der Waals surface area contributed by atoms with Gasteiger partial charge in [0.15, 0.2) is 0 Å². The highest BCUT2D eigenvalue weighted by Crippen LogP contribution is 2.30. The number of benzene rings is 3. The number of aliphatic carboxylic acids is 1. The van der Waals surface area contributed by atoms with Crippen molar-refractivity contribution in [3.63, 3.8) is 0 Å². The number of halogens is 1. The van der Waals surface area contributed by atoms with E-state index in [9.17, 15) is 18.3 Å². The van der Waals surface area contributed by atoms with E-state index < -0.39 is 22.0 Å². The van der Waals surface area contributed by atoms with Gasteiger partial charge in [0, 0.05) is 18.0 Å². The molecule has 1 atom stereocenters. The third-order valence-corrected chi connectivity index (χ3v) is 7.25. The van der Waals surface area contributed by atoms with E-state index in [1.54, 1.807) is 24.3 Å². The summed E-state index contributed by atoms with van der Waals surface area (Å²) >= 11 is 5.91. The second kappa shape index (κ2) is 7.63. The third-order valence-electron chi connectivity index (χ3n) is 5.13. The zero-order valence-corrected chi connectivity index (χ0v) is 16.9. The molecule has 0 saturated heterocycles. The van der Waals surface area contributed by atoms with E-state index >= 15 is 0 Å². The molecule has 0 fully saturated rings. The number of carbonyl (C=O) groups is 1. The van der Waals surface area contributed by atoms with Gasteiger partial charge >= 0.3 is 5.97 Å². The molecule has 4 rings (SSSR count). The second-order valence-electron chi connectivity index (χ2n) is 6.91. The van der Waals surface area contributed by atoms with Crippen LogP contribution >= 0.6 is 11.6 Å². The predicted octanol–water partition coefficient (Wildman–Crippen LogP) is 4.21. The second-order valence-corrected chi connectivity index (χ2v) is 9.24. The highest BCUT2D eigenvalue weighted by molar-refractivity contribution is 7.89. The minimum Gasteiger partial charge on any atom is -0.480 e. The summed E-state index contributed by atoms with van der Waals surface area (Å²) in [5.41, 5.74) is 3.45. The molecule has 1 heterocycles. The number of rotatable bonds is 4. The Hall–Kier alpha value is -2.67. The molecule has 0 aromatic heterocycles. The molecule has 0 unspecified atom stereocenters. The van der Waals surface area contributed by atoms with Crippen molar-refractivity contribution in [2.45, 2.75) is 23.9 Å². The SMILES string of the molecule is O=C(O)[C@H]1Cc2ccccc2CN1S(=O)(=O)c1ccc(-c2ccc(Cl)cc2)cc1. The molecule has 0 spiro atoms. The number of sulfonamides is 1. The fraction of sp³-hybridized carbons (Fsp3) is 0.136. The maximum absolute atomic E-state index is 13.2. The molecule has 0 amide bonds. The van der Waals surface area contributed by atoms with Gasteiger partial charge in [-0.1, -0.05) is 60.1 Å². The Bertz CT molecular complexity index is 1160. The molecule has 7 heteroatoms. The molecule has 29 heavy (non-hydrogen) atoms. The molecular formula is C22H18ClNO4S. The monoisotopic (exact) mass is 427 g/mol. The van der Waals surface area contributed by atoms with E-state index in [1.165, 1.54) is 12.1 Å². The first-order chi connectivity index (χ1) is 13.9. The summed E-state index contributed by atoms with van der Waals surface area (Å²) in [5.74, 6) is -1.15. The largest absolute Gasteiger partial charge is 0.480 e. The van der Waals surface area contributed by atoms with Crippen molar-refractivity contribution in [3.8, 4) is 11.1 Å². The van der Waals surface area contributed by atoms with Gasteiger partial charge in [-0.3, -0.25) is 4.79 Å². The minimum atomic E-state index is -3.97. The third kappa shape index (κ3) is 3.79. The molecule has 148 valence electrons. The molecule has 1 aliphatic heterocycles. The quantitative estimate of drug-likeness (QED) is 0.676. The first-order valence-electron chi connectivity index (χ1n) is 9.04. The smallest absolute Gasteiger partial charge is 0.322 e. The van der Waals surface area contributed by atoms with Gasteiger partial charge < -0.3 is 5.11 Å². The number of nitrogens with zero attached hydrogens (tertiary/aromatic N) is 1. The Morgan fingerprint density at radius 1 is 0.897 bits per heavy atom. The Balaban J connectivity index is 1.68. The Morgan fingerprint density at radius 3 is 2.03 bits per heavy atom. The lowest BCUT2D eigenvalue weighted by molar-refractivity contribution is -0.141. The average Bonchev–Trinajstić information content (AvgIpc) is 2.73. The normalized spacial score (nSPS) is 16.9. The fourth-order valence-electron chi connectivity index (χ4n) is 3.56. The van der Waals surface area contributed by atoms with E-state index in [4.69, 9.17) is 11.6 Å². The molecule has 5 nitrogen and oxygen atoms in total. The van der Waals surface area contributed by atoms with Crippen molar-refractivity contribution in [2.24, 2.45) is 0 Å². The van der Waals surface area contributed by atoms with Gasteiger partial charge in [0.1, 0.15) is 6.04 Å². The van der Waals surface area contributed by atoms with Crippen LogP contribution in [0.1, 0.15) is 11.1 Å². The van der Waals surface area contributed by atoms with Crippen LogP contribution in [0.5, 0.6) is 0 Å². The van der Waals surface area contributed by atoms with Crippen LogP contribution in [0.25, 0.3) is 11.1 Å². The molecule has 0 radical (unpaired) electrons. The lowest BCUT2D eigenvalue weighted by Crippen LogP contribution is -2.48. The zero-order chi connectivity index (χ0) is 20.6. The summed E-state index contributed by atoms with van der Waals surface area (Å²) in [6.07, 6.45) is 0.146. The molecule has 1 N–H and O–H groups in total. The lowest BCUT2D eigenvalue weighted by Gasteiger charge is -2.33. The van der Waals surface area contributed by atoms with Crippen LogP contribution in [0, 0.1) is 0 Å². The molecule has 3 aromatic carbocycles. The van der Waals surface area contributed by atoms with Gasteiger partial charge in [0.2, 0.25) is 10.0 Å². The number of carboxylic acids is 1. The lowest BCUT2D eigenvalue weighted by atomic mass is 9.96. The van der Waals surface area contributed by atoms with Crippen LogP contribution in [0.3, 0.4) is 0 Å². The Morgan fingerprint density at radius 2 is 1.45 bits per heavy atom. The number of hydrogen-bond donors (Lipinski definition) is 1.